The van der Waals surface area contributed by atoms with E-state index in [0.717, 1.165) is 6.42 Å². The number of carbonyl (C=O) groups is 2. The number of amides is 1. The summed E-state index contributed by atoms with van der Waals surface area (Å²) in [5, 5.41) is 10.8. The summed E-state index contributed by atoms with van der Waals surface area (Å²) < 4.78 is 0. The lowest BCUT2D eigenvalue weighted by molar-refractivity contribution is -0.141. The van der Waals surface area contributed by atoms with Crippen LogP contribution in [-0.2, 0) is 16.0 Å². The lowest BCUT2D eigenvalue weighted by Crippen LogP contribution is -2.31. The summed E-state index contributed by atoms with van der Waals surface area (Å²) in [5.74, 6) is -1.63. The van der Waals surface area contributed by atoms with Gasteiger partial charge in [0.2, 0.25) is 5.91 Å². The predicted octanol–water partition coefficient (Wildman–Crippen LogP) is 1.47. The van der Waals surface area contributed by atoms with Gasteiger partial charge in [-0.25, -0.2) is 0 Å². The highest BCUT2D eigenvalue weighted by atomic mass is 32.1. The Morgan fingerprint density at radius 3 is 2.82 bits per heavy atom. The molecule has 2 atom stereocenters. The van der Waals surface area contributed by atoms with Crippen LogP contribution in [-0.4, -0.2) is 35.5 Å². The Labute approximate surface area is 104 Å². The van der Waals surface area contributed by atoms with E-state index in [2.05, 4.69) is 0 Å². The third-order valence-corrected chi connectivity index (χ3v) is 4.01. The van der Waals surface area contributed by atoms with Crippen LogP contribution >= 0.6 is 11.3 Å². The summed E-state index contributed by atoms with van der Waals surface area (Å²) in [6, 6.07) is 4.03. The fourth-order valence-electron chi connectivity index (χ4n) is 1.87. The van der Waals surface area contributed by atoms with Gasteiger partial charge >= 0.3 is 5.97 Å². The van der Waals surface area contributed by atoms with E-state index >= 15 is 0 Å². The number of hydrogen-bond acceptors (Lipinski definition) is 3. The third-order valence-electron chi connectivity index (χ3n) is 3.07. The van der Waals surface area contributed by atoms with Crippen molar-refractivity contribution >= 4 is 23.2 Å². The van der Waals surface area contributed by atoms with Crippen molar-refractivity contribution in [3.63, 3.8) is 0 Å². The molecular formula is C12H15NO3S. The van der Waals surface area contributed by atoms with Crippen molar-refractivity contribution in [1.82, 2.24) is 4.90 Å². The van der Waals surface area contributed by atoms with Crippen molar-refractivity contribution < 1.29 is 14.7 Å². The Hall–Kier alpha value is -1.36. The molecule has 1 aliphatic rings. The van der Waals surface area contributed by atoms with Crippen LogP contribution in [0.4, 0.5) is 0 Å². The number of carboxylic acids is 1. The van der Waals surface area contributed by atoms with Crippen molar-refractivity contribution in [2.75, 3.05) is 13.6 Å². The first kappa shape index (κ1) is 12.1. The normalized spacial score (nSPS) is 22.2. The molecule has 5 heteroatoms. The molecule has 0 radical (unpaired) electrons. The van der Waals surface area contributed by atoms with Gasteiger partial charge in [-0.1, -0.05) is 6.07 Å². The maximum Gasteiger partial charge on any atom is 0.307 e. The Bertz CT molecular complexity index is 415. The summed E-state index contributed by atoms with van der Waals surface area (Å²) in [6.07, 6.45) is 1.34. The van der Waals surface area contributed by atoms with Crippen molar-refractivity contribution in [2.45, 2.75) is 12.8 Å². The molecule has 4 nitrogen and oxygen atoms in total. The summed E-state index contributed by atoms with van der Waals surface area (Å²) in [5.41, 5.74) is 0. The van der Waals surface area contributed by atoms with E-state index in [4.69, 9.17) is 5.11 Å². The van der Waals surface area contributed by atoms with E-state index in [1.54, 1.807) is 23.3 Å². The molecular weight excluding hydrogens is 238 g/mol. The zero-order valence-electron chi connectivity index (χ0n) is 9.63. The minimum Gasteiger partial charge on any atom is -0.481 e. The molecule has 1 N–H and O–H groups in total. The molecule has 92 valence electrons. The highest BCUT2D eigenvalue weighted by molar-refractivity contribution is 7.09. The first-order valence-electron chi connectivity index (χ1n) is 5.59. The number of likely N-dealkylation sites (N-methyl/N-ethyl adjacent to an activating group) is 1. The smallest absolute Gasteiger partial charge is 0.307 e. The number of rotatable bonds is 5. The van der Waals surface area contributed by atoms with E-state index in [-0.39, 0.29) is 11.8 Å². The van der Waals surface area contributed by atoms with Crippen LogP contribution in [0.5, 0.6) is 0 Å². The first-order chi connectivity index (χ1) is 8.09. The predicted molar refractivity (Wildman–Crippen MR) is 64.9 cm³/mol. The van der Waals surface area contributed by atoms with Crippen LogP contribution in [0.15, 0.2) is 17.5 Å². The first-order valence-corrected chi connectivity index (χ1v) is 6.47. The maximum atomic E-state index is 11.8. The zero-order valence-corrected chi connectivity index (χ0v) is 10.4. The van der Waals surface area contributed by atoms with Gasteiger partial charge in [-0.2, -0.15) is 0 Å². The summed E-state index contributed by atoms with van der Waals surface area (Å²) >= 11 is 1.67. The highest BCUT2D eigenvalue weighted by Crippen LogP contribution is 2.39. The molecule has 2 rings (SSSR count). The van der Waals surface area contributed by atoms with Gasteiger partial charge in [-0.05, 0) is 24.3 Å². The van der Waals surface area contributed by atoms with Gasteiger partial charge in [-0.15, -0.1) is 11.3 Å². The van der Waals surface area contributed by atoms with Gasteiger partial charge in [-0.3, -0.25) is 9.59 Å². The molecule has 0 unspecified atom stereocenters. The van der Waals surface area contributed by atoms with Crippen LogP contribution in [0.2, 0.25) is 0 Å². The van der Waals surface area contributed by atoms with Crippen LogP contribution < -0.4 is 0 Å². The minimum atomic E-state index is -0.852. The summed E-state index contributed by atoms with van der Waals surface area (Å²) in [4.78, 5) is 25.4. The molecule has 1 amide bonds. The fraction of sp³-hybridized carbons (Fsp3) is 0.500. The highest BCUT2D eigenvalue weighted by Gasteiger charge is 2.49. The monoisotopic (exact) mass is 253 g/mol. The second-order valence-corrected chi connectivity index (χ2v) is 5.41. The molecule has 0 aromatic carbocycles. The minimum absolute atomic E-state index is 0.0334. The summed E-state index contributed by atoms with van der Waals surface area (Å²) in [7, 11) is 1.74. The van der Waals surface area contributed by atoms with E-state index in [1.807, 2.05) is 17.5 Å². The van der Waals surface area contributed by atoms with Crippen molar-refractivity contribution in [3.8, 4) is 0 Å². The van der Waals surface area contributed by atoms with Gasteiger partial charge in [0.05, 0.1) is 11.8 Å². The molecule has 17 heavy (non-hydrogen) atoms. The molecule has 0 spiro atoms. The number of carboxylic acid groups (broad SMARTS) is 1. The number of thiophene rings is 1. The number of hydrogen-bond donors (Lipinski definition) is 1. The second kappa shape index (κ2) is 4.87. The Morgan fingerprint density at radius 2 is 2.29 bits per heavy atom. The molecule has 1 fully saturated rings. The Balaban J connectivity index is 1.79. The van der Waals surface area contributed by atoms with E-state index in [9.17, 15) is 9.59 Å². The zero-order chi connectivity index (χ0) is 12.4. The van der Waals surface area contributed by atoms with E-state index in [1.165, 1.54) is 4.88 Å². The van der Waals surface area contributed by atoms with Crippen LogP contribution in [0, 0.1) is 11.8 Å². The van der Waals surface area contributed by atoms with Gasteiger partial charge in [0.1, 0.15) is 0 Å². The second-order valence-electron chi connectivity index (χ2n) is 4.38. The molecule has 1 saturated carbocycles. The Kier molecular flexibility index (Phi) is 3.47. The fourth-order valence-corrected chi connectivity index (χ4v) is 2.57. The van der Waals surface area contributed by atoms with Gasteiger partial charge in [0.15, 0.2) is 0 Å². The lowest BCUT2D eigenvalue weighted by atomic mass is 10.2. The van der Waals surface area contributed by atoms with E-state index in [0.29, 0.717) is 13.0 Å². The molecule has 1 aromatic heterocycles. The molecule has 0 aliphatic heterocycles. The topological polar surface area (TPSA) is 57.6 Å². The SMILES string of the molecule is CN(CCc1cccs1)C(=O)[C@@H]1C[C@H]1C(=O)O. The average molecular weight is 253 g/mol. The average Bonchev–Trinajstić information content (AvgIpc) is 2.94. The molecule has 1 heterocycles. The van der Waals surface area contributed by atoms with Crippen LogP contribution in [0.3, 0.4) is 0 Å². The standard InChI is InChI=1S/C12H15NO3S/c1-13(5-4-8-3-2-6-17-8)11(14)9-7-10(9)12(15)16/h2-3,6,9-10H,4-5,7H2,1H3,(H,15,16)/t9-,10-/m1/s1. The van der Waals surface area contributed by atoms with Crippen molar-refractivity contribution in [1.29, 1.82) is 0 Å². The maximum absolute atomic E-state index is 11.8. The quantitative estimate of drug-likeness (QED) is 0.864. The third kappa shape index (κ3) is 2.85. The molecule has 1 aromatic rings. The van der Waals surface area contributed by atoms with Gasteiger partial charge < -0.3 is 10.0 Å². The number of nitrogens with zero attached hydrogens (tertiary/aromatic N) is 1. The van der Waals surface area contributed by atoms with Gasteiger partial charge in [0.25, 0.3) is 0 Å². The van der Waals surface area contributed by atoms with Gasteiger partial charge in [0, 0.05) is 18.5 Å². The lowest BCUT2D eigenvalue weighted by Gasteiger charge is -2.16. The molecule has 0 bridgehead atoms. The van der Waals surface area contributed by atoms with Crippen molar-refractivity contribution in [3.05, 3.63) is 22.4 Å². The van der Waals surface area contributed by atoms with Crippen LogP contribution in [0.1, 0.15) is 11.3 Å². The molecule has 0 saturated heterocycles. The van der Waals surface area contributed by atoms with E-state index < -0.39 is 11.9 Å². The largest absolute Gasteiger partial charge is 0.481 e. The number of aliphatic carboxylic acids is 1. The summed E-state index contributed by atoms with van der Waals surface area (Å²) in [6.45, 7) is 0.655. The van der Waals surface area contributed by atoms with Crippen LogP contribution in [0.25, 0.3) is 0 Å². The van der Waals surface area contributed by atoms with Crippen molar-refractivity contribution in [2.24, 2.45) is 11.8 Å². The molecule has 1 aliphatic carbocycles. The Morgan fingerprint density at radius 1 is 1.53 bits per heavy atom. The number of carbonyl (C=O) groups excluding carboxylic acids is 1.